The summed E-state index contributed by atoms with van der Waals surface area (Å²) >= 11 is 0. The zero-order chi connectivity index (χ0) is 11.4. The standard InChI is InChI=1S/C11H16N4O/c12-11(16)8-1-3-9(4-2-8)15-10-5-6-13-7-14-10/h5-9H,1-4H2,(H2,12,16)(H,13,14,15). The van der Waals surface area contributed by atoms with Crippen molar-refractivity contribution in [3.63, 3.8) is 0 Å². The molecule has 0 unspecified atom stereocenters. The first-order valence-electron chi connectivity index (χ1n) is 5.57. The summed E-state index contributed by atoms with van der Waals surface area (Å²) in [6.45, 7) is 0. The van der Waals surface area contributed by atoms with Crippen LogP contribution < -0.4 is 11.1 Å². The minimum Gasteiger partial charge on any atom is -0.369 e. The topological polar surface area (TPSA) is 80.9 Å². The number of carbonyl (C=O) groups excluding carboxylic acids is 1. The molecule has 2 rings (SSSR count). The minimum atomic E-state index is -0.166. The quantitative estimate of drug-likeness (QED) is 0.794. The highest BCUT2D eigenvalue weighted by molar-refractivity contribution is 5.76. The van der Waals surface area contributed by atoms with Crippen molar-refractivity contribution in [3.05, 3.63) is 18.6 Å². The molecule has 5 heteroatoms. The van der Waals surface area contributed by atoms with Crippen LogP contribution in [0.4, 0.5) is 5.82 Å². The Hall–Kier alpha value is -1.65. The van der Waals surface area contributed by atoms with Crippen LogP contribution in [0.15, 0.2) is 18.6 Å². The molecule has 86 valence electrons. The average Bonchev–Trinajstić information content (AvgIpc) is 2.31. The van der Waals surface area contributed by atoms with Crippen LogP contribution >= 0.6 is 0 Å². The molecule has 1 amide bonds. The van der Waals surface area contributed by atoms with Crippen molar-refractivity contribution in [1.82, 2.24) is 9.97 Å². The SMILES string of the molecule is NC(=O)C1CCC(Nc2ccncn2)CC1. The van der Waals surface area contributed by atoms with Crippen LogP contribution in [0.2, 0.25) is 0 Å². The summed E-state index contributed by atoms with van der Waals surface area (Å²) in [6, 6.07) is 2.24. The zero-order valence-corrected chi connectivity index (χ0v) is 9.10. The molecule has 5 nitrogen and oxygen atoms in total. The van der Waals surface area contributed by atoms with E-state index in [1.54, 1.807) is 6.20 Å². The minimum absolute atomic E-state index is 0.0587. The zero-order valence-electron chi connectivity index (χ0n) is 9.10. The third-order valence-corrected chi connectivity index (χ3v) is 3.06. The lowest BCUT2D eigenvalue weighted by Gasteiger charge is -2.27. The Labute approximate surface area is 94.5 Å². The van der Waals surface area contributed by atoms with Crippen LogP contribution in [-0.4, -0.2) is 21.9 Å². The van der Waals surface area contributed by atoms with E-state index in [9.17, 15) is 4.79 Å². The fraction of sp³-hybridized carbons (Fsp3) is 0.545. The van der Waals surface area contributed by atoms with Crippen molar-refractivity contribution in [3.8, 4) is 0 Å². The van der Waals surface area contributed by atoms with Gasteiger partial charge < -0.3 is 11.1 Å². The summed E-state index contributed by atoms with van der Waals surface area (Å²) in [5.41, 5.74) is 5.29. The molecule has 0 aromatic carbocycles. The van der Waals surface area contributed by atoms with Gasteiger partial charge in [0, 0.05) is 18.2 Å². The molecule has 1 fully saturated rings. The van der Waals surface area contributed by atoms with Crippen LogP contribution in [0.25, 0.3) is 0 Å². The molecule has 0 radical (unpaired) electrons. The second-order valence-corrected chi connectivity index (χ2v) is 4.19. The number of rotatable bonds is 3. The number of nitrogens with zero attached hydrogens (tertiary/aromatic N) is 2. The Balaban J connectivity index is 1.84. The van der Waals surface area contributed by atoms with E-state index in [-0.39, 0.29) is 11.8 Å². The smallest absolute Gasteiger partial charge is 0.220 e. The van der Waals surface area contributed by atoms with Crippen LogP contribution in [0.1, 0.15) is 25.7 Å². The molecular formula is C11H16N4O. The largest absolute Gasteiger partial charge is 0.369 e. The number of nitrogens with two attached hydrogens (primary N) is 1. The van der Waals surface area contributed by atoms with Crippen molar-refractivity contribution in [2.45, 2.75) is 31.7 Å². The second kappa shape index (κ2) is 4.92. The molecular weight excluding hydrogens is 204 g/mol. The van der Waals surface area contributed by atoms with Gasteiger partial charge in [-0.25, -0.2) is 9.97 Å². The van der Waals surface area contributed by atoms with Gasteiger partial charge >= 0.3 is 0 Å². The number of carbonyl (C=O) groups is 1. The van der Waals surface area contributed by atoms with Crippen LogP contribution in [0, 0.1) is 5.92 Å². The highest BCUT2D eigenvalue weighted by Gasteiger charge is 2.24. The van der Waals surface area contributed by atoms with Crippen molar-refractivity contribution in [1.29, 1.82) is 0 Å². The van der Waals surface area contributed by atoms with Gasteiger partial charge in [0.1, 0.15) is 12.1 Å². The van der Waals surface area contributed by atoms with Crippen LogP contribution in [0.5, 0.6) is 0 Å². The molecule has 0 spiro atoms. The van der Waals surface area contributed by atoms with Gasteiger partial charge in [-0.15, -0.1) is 0 Å². The maximum Gasteiger partial charge on any atom is 0.220 e. The Morgan fingerprint density at radius 2 is 2.12 bits per heavy atom. The third-order valence-electron chi connectivity index (χ3n) is 3.06. The van der Waals surface area contributed by atoms with E-state index in [0.29, 0.717) is 6.04 Å². The number of nitrogens with one attached hydrogen (secondary N) is 1. The van der Waals surface area contributed by atoms with Gasteiger partial charge in [-0.1, -0.05) is 0 Å². The van der Waals surface area contributed by atoms with Gasteiger partial charge in [0.05, 0.1) is 0 Å². The van der Waals surface area contributed by atoms with Gasteiger partial charge in [0.2, 0.25) is 5.91 Å². The highest BCUT2D eigenvalue weighted by Crippen LogP contribution is 2.25. The summed E-state index contributed by atoms with van der Waals surface area (Å²) in [4.78, 5) is 19.0. The van der Waals surface area contributed by atoms with E-state index < -0.39 is 0 Å². The number of hydrogen-bond acceptors (Lipinski definition) is 4. The molecule has 0 aliphatic heterocycles. The van der Waals surface area contributed by atoms with Crippen LogP contribution in [0.3, 0.4) is 0 Å². The molecule has 3 N–H and O–H groups in total. The lowest BCUT2D eigenvalue weighted by molar-refractivity contribution is -0.122. The van der Waals surface area contributed by atoms with Crippen molar-refractivity contribution < 1.29 is 4.79 Å². The summed E-state index contributed by atoms with van der Waals surface area (Å²) in [5, 5.41) is 3.34. The summed E-state index contributed by atoms with van der Waals surface area (Å²) in [7, 11) is 0. The summed E-state index contributed by atoms with van der Waals surface area (Å²) in [5.74, 6) is 0.737. The number of hydrogen-bond donors (Lipinski definition) is 2. The van der Waals surface area contributed by atoms with E-state index in [1.807, 2.05) is 6.07 Å². The average molecular weight is 220 g/mol. The fourth-order valence-electron chi connectivity index (χ4n) is 2.11. The number of anilines is 1. The molecule has 1 saturated carbocycles. The first-order chi connectivity index (χ1) is 7.75. The predicted molar refractivity (Wildman–Crippen MR) is 60.6 cm³/mol. The predicted octanol–water partition coefficient (Wildman–Crippen LogP) is 0.933. The third kappa shape index (κ3) is 2.68. The lowest BCUT2D eigenvalue weighted by Crippen LogP contribution is -2.32. The van der Waals surface area contributed by atoms with Crippen molar-refractivity contribution in [2.75, 3.05) is 5.32 Å². The molecule has 1 aliphatic carbocycles. The molecule has 16 heavy (non-hydrogen) atoms. The molecule has 1 heterocycles. The molecule has 1 aromatic rings. The number of amides is 1. The molecule has 0 bridgehead atoms. The maximum absolute atomic E-state index is 11.0. The normalized spacial score (nSPS) is 25.0. The van der Waals surface area contributed by atoms with Gasteiger partial charge in [0.15, 0.2) is 0 Å². The lowest BCUT2D eigenvalue weighted by atomic mass is 9.85. The van der Waals surface area contributed by atoms with E-state index in [1.165, 1.54) is 6.33 Å². The van der Waals surface area contributed by atoms with Gasteiger partial charge in [0.25, 0.3) is 0 Å². The first-order valence-corrected chi connectivity index (χ1v) is 5.57. The van der Waals surface area contributed by atoms with Crippen molar-refractivity contribution >= 4 is 11.7 Å². The van der Waals surface area contributed by atoms with E-state index in [2.05, 4.69) is 15.3 Å². The van der Waals surface area contributed by atoms with Gasteiger partial charge in [-0.2, -0.15) is 0 Å². The second-order valence-electron chi connectivity index (χ2n) is 4.19. The van der Waals surface area contributed by atoms with Gasteiger partial charge in [-0.05, 0) is 31.7 Å². The van der Waals surface area contributed by atoms with Gasteiger partial charge in [-0.3, -0.25) is 4.79 Å². The van der Waals surface area contributed by atoms with Crippen LogP contribution in [-0.2, 0) is 4.79 Å². The van der Waals surface area contributed by atoms with E-state index >= 15 is 0 Å². The Kier molecular flexibility index (Phi) is 3.34. The van der Waals surface area contributed by atoms with E-state index in [0.717, 1.165) is 31.5 Å². The molecule has 1 aliphatic rings. The fourth-order valence-corrected chi connectivity index (χ4v) is 2.11. The number of primary amides is 1. The Bertz CT molecular complexity index is 346. The molecule has 0 saturated heterocycles. The van der Waals surface area contributed by atoms with Crippen molar-refractivity contribution in [2.24, 2.45) is 11.7 Å². The first kappa shape index (κ1) is 10.9. The molecule has 1 aromatic heterocycles. The Morgan fingerprint density at radius 1 is 1.38 bits per heavy atom. The summed E-state index contributed by atoms with van der Waals surface area (Å²) < 4.78 is 0. The summed E-state index contributed by atoms with van der Waals surface area (Å²) in [6.07, 6.45) is 6.92. The highest BCUT2D eigenvalue weighted by atomic mass is 16.1. The maximum atomic E-state index is 11.0. The number of aromatic nitrogens is 2. The van der Waals surface area contributed by atoms with E-state index in [4.69, 9.17) is 5.73 Å². The Morgan fingerprint density at radius 3 is 2.69 bits per heavy atom. The monoisotopic (exact) mass is 220 g/mol. The molecule has 0 atom stereocenters.